The van der Waals surface area contributed by atoms with E-state index in [9.17, 15) is 0 Å². The molecule has 0 atom stereocenters. The first kappa shape index (κ1) is 10.9. The summed E-state index contributed by atoms with van der Waals surface area (Å²) in [4.78, 5) is 4.71. The Labute approximate surface area is 89.3 Å². The second kappa shape index (κ2) is 4.91. The van der Waals surface area contributed by atoms with E-state index in [1.54, 1.807) is 0 Å². The summed E-state index contributed by atoms with van der Waals surface area (Å²) in [5.41, 5.74) is 6.27. The number of hydrogen-bond donors (Lipinski definition) is 1. The van der Waals surface area contributed by atoms with Gasteiger partial charge < -0.3 is 10.5 Å². The van der Waals surface area contributed by atoms with Gasteiger partial charge >= 0.3 is 0 Å². The van der Waals surface area contributed by atoms with Crippen molar-refractivity contribution < 1.29 is 4.74 Å². The zero-order valence-electron chi connectivity index (χ0n) is 8.36. The lowest BCUT2D eigenvalue weighted by Crippen LogP contribution is -2.13. The Kier molecular flexibility index (Phi) is 3.83. The predicted octanol–water partition coefficient (Wildman–Crippen LogP) is 1.70. The van der Waals surface area contributed by atoms with E-state index in [1.807, 2.05) is 32.0 Å². The van der Waals surface area contributed by atoms with E-state index in [4.69, 9.17) is 22.7 Å². The third kappa shape index (κ3) is 3.70. The van der Waals surface area contributed by atoms with Crippen molar-refractivity contribution in [3.05, 3.63) is 23.9 Å². The molecule has 76 valence electrons. The topological polar surface area (TPSA) is 48.1 Å². The van der Waals surface area contributed by atoms with Gasteiger partial charge in [-0.25, -0.2) is 4.98 Å². The fraction of sp³-hybridized carbons (Fsp3) is 0.400. The molecule has 0 aromatic carbocycles. The molecule has 4 heteroatoms. The van der Waals surface area contributed by atoms with E-state index >= 15 is 0 Å². The highest BCUT2D eigenvalue weighted by atomic mass is 32.1. The lowest BCUT2D eigenvalue weighted by molar-refractivity contribution is 0.232. The zero-order chi connectivity index (χ0) is 10.6. The van der Waals surface area contributed by atoms with Crippen LogP contribution in [0.2, 0.25) is 0 Å². The van der Waals surface area contributed by atoms with Crippen LogP contribution in [0, 0.1) is 0 Å². The van der Waals surface area contributed by atoms with Crippen molar-refractivity contribution in [2.75, 3.05) is 0 Å². The average Bonchev–Trinajstić information content (AvgIpc) is 2.01. The Bertz CT molecular complexity index is 326. The maximum atomic E-state index is 5.44. The molecule has 0 saturated heterocycles. The molecule has 0 fully saturated rings. The van der Waals surface area contributed by atoms with Crippen LogP contribution in [0.4, 0.5) is 0 Å². The van der Waals surface area contributed by atoms with Gasteiger partial charge in [0.15, 0.2) is 0 Å². The second-order valence-corrected chi connectivity index (χ2v) is 3.80. The lowest BCUT2D eigenvalue weighted by atomic mass is 10.3. The van der Waals surface area contributed by atoms with Gasteiger partial charge in [0.2, 0.25) is 5.88 Å². The normalized spacial score (nSPS) is 10.2. The van der Waals surface area contributed by atoms with E-state index in [-0.39, 0.29) is 6.10 Å². The highest BCUT2D eigenvalue weighted by Crippen LogP contribution is 2.09. The predicted molar refractivity (Wildman–Crippen MR) is 60.5 cm³/mol. The van der Waals surface area contributed by atoms with Gasteiger partial charge in [0, 0.05) is 12.5 Å². The summed E-state index contributed by atoms with van der Waals surface area (Å²) < 4.78 is 5.44. The SMILES string of the molecule is CC(C)Oc1cccc(CC(N)=S)n1. The number of nitrogens with zero attached hydrogens (tertiary/aromatic N) is 1. The molecular weight excluding hydrogens is 196 g/mol. The van der Waals surface area contributed by atoms with Gasteiger partial charge in [-0.15, -0.1) is 0 Å². The summed E-state index contributed by atoms with van der Waals surface area (Å²) in [6.45, 7) is 3.92. The first-order valence-electron chi connectivity index (χ1n) is 4.49. The van der Waals surface area contributed by atoms with Crippen molar-refractivity contribution in [1.29, 1.82) is 0 Å². The van der Waals surface area contributed by atoms with Gasteiger partial charge in [0.1, 0.15) is 0 Å². The van der Waals surface area contributed by atoms with Crippen LogP contribution < -0.4 is 10.5 Å². The molecule has 2 N–H and O–H groups in total. The maximum Gasteiger partial charge on any atom is 0.213 e. The smallest absolute Gasteiger partial charge is 0.213 e. The van der Waals surface area contributed by atoms with Crippen LogP contribution in [0.1, 0.15) is 19.5 Å². The van der Waals surface area contributed by atoms with Gasteiger partial charge in [-0.3, -0.25) is 0 Å². The minimum atomic E-state index is 0.127. The molecule has 1 rings (SSSR count). The van der Waals surface area contributed by atoms with Crippen molar-refractivity contribution in [1.82, 2.24) is 4.98 Å². The number of pyridine rings is 1. The summed E-state index contributed by atoms with van der Waals surface area (Å²) >= 11 is 4.81. The number of rotatable bonds is 4. The van der Waals surface area contributed by atoms with E-state index in [0.717, 1.165) is 5.69 Å². The number of hydrogen-bond acceptors (Lipinski definition) is 3. The van der Waals surface area contributed by atoms with Crippen molar-refractivity contribution in [3.8, 4) is 5.88 Å². The number of thiocarbonyl (C=S) groups is 1. The molecule has 1 heterocycles. The van der Waals surface area contributed by atoms with Gasteiger partial charge in [-0.05, 0) is 19.9 Å². The Morgan fingerprint density at radius 3 is 2.86 bits per heavy atom. The number of nitrogens with two attached hydrogens (primary N) is 1. The highest BCUT2D eigenvalue weighted by Gasteiger charge is 2.01. The fourth-order valence-electron chi connectivity index (χ4n) is 1.04. The molecule has 14 heavy (non-hydrogen) atoms. The zero-order valence-corrected chi connectivity index (χ0v) is 9.17. The van der Waals surface area contributed by atoms with Crippen LogP contribution in [0.25, 0.3) is 0 Å². The van der Waals surface area contributed by atoms with Gasteiger partial charge in [0.05, 0.1) is 16.8 Å². The van der Waals surface area contributed by atoms with Crippen molar-refractivity contribution in [3.63, 3.8) is 0 Å². The summed E-state index contributed by atoms with van der Waals surface area (Å²) in [6, 6.07) is 5.59. The largest absolute Gasteiger partial charge is 0.475 e. The van der Waals surface area contributed by atoms with Crippen molar-refractivity contribution in [2.24, 2.45) is 5.73 Å². The molecule has 3 nitrogen and oxygen atoms in total. The number of aromatic nitrogens is 1. The van der Waals surface area contributed by atoms with Crippen LogP contribution in [-0.4, -0.2) is 16.1 Å². The summed E-state index contributed by atoms with van der Waals surface area (Å²) in [5.74, 6) is 0.619. The number of ether oxygens (including phenoxy) is 1. The van der Waals surface area contributed by atoms with Crippen LogP contribution in [-0.2, 0) is 6.42 Å². The molecule has 0 aliphatic rings. The second-order valence-electron chi connectivity index (χ2n) is 3.28. The minimum absolute atomic E-state index is 0.127. The third-order valence-corrected chi connectivity index (χ3v) is 1.64. The Hall–Kier alpha value is -1.16. The Morgan fingerprint density at radius 2 is 2.29 bits per heavy atom. The maximum absolute atomic E-state index is 5.44. The first-order valence-corrected chi connectivity index (χ1v) is 4.89. The quantitative estimate of drug-likeness (QED) is 0.768. The minimum Gasteiger partial charge on any atom is -0.475 e. The van der Waals surface area contributed by atoms with Crippen molar-refractivity contribution >= 4 is 17.2 Å². The van der Waals surface area contributed by atoms with Crippen molar-refractivity contribution in [2.45, 2.75) is 26.4 Å². The van der Waals surface area contributed by atoms with Crippen LogP contribution >= 0.6 is 12.2 Å². The van der Waals surface area contributed by atoms with E-state index < -0.39 is 0 Å². The van der Waals surface area contributed by atoms with Crippen LogP contribution in [0.5, 0.6) is 5.88 Å². The molecule has 1 aromatic heterocycles. The molecule has 0 aliphatic carbocycles. The Morgan fingerprint density at radius 1 is 1.57 bits per heavy atom. The molecule has 0 amide bonds. The average molecular weight is 210 g/mol. The van der Waals surface area contributed by atoms with Gasteiger partial charge in [-0.1, -0.05) is 18.3 Å². The van der Waals surface area contributed by atoms with Gasteiger partial charge in [0.25, 0.3) is 0 Å². The lowest BCUT2D eigenvalue weighted by Gasteiger charge is -2.09. The first-order chi connectivity index (χ1) is 6.58. The molecule has 0 bridgehead atoms. The van der Waals surface area contributed by atoms with E-state index in [1.165, 1.54) is 0 Å². The molecule has 0 radical (unpaired) electrons. The molecule has 0 saturated carbocycles. The Balaban J connectivity index is 2.73. The standard InChI is InChI=1S/C10H14N2OS/c1-7(2)13-10-5-3-4-8(12-10)6-9(11)14/h3-5,7H,6H2,1-2H3,(H2,11,14). The molecule has 0 aliphatic heterocycles. The third-order valence-electron chi connectivity index (χ3n) is 1.49. The molecule has 0 spiro atoms. The molecule has 1 aromatic rings. The molecule has 0 unspecified atom stereocenters. The van der Waals surface area contributed by atoms with E-state index in [0.29, 0.717) is 17.3 Å². The molecular formula is C10H14N2OS. The monoisotopic (exact) mass is 210 g/mol. The van der Waals surface area contributed by atoms with E-state index in [2.05, 4.69) is 4.98 Å². The van der Waals surface area contributed by atoms with Crippen LogP contribution in [0.3, 0.4) is 0 Å². The summed E-state index contributed by atoms with van der Waals surface area (Å²) in [7, 11) is 0. The highest BCUT2D eigenvalue weighted by molar-refractivity contribution is 7.80. The van der Waals surface area contributed by atoms with Crippen LogP contribution in [0.15, 0.2) is 18.2 Å². The summed E-state index contributed by atoms with van der Waals surface area (Å²) in [5, 5.41) is 0. The summed E-state index contributed by atoms with van der Waals surface area (Å²) in [6.07, 6.45) is 0.646. The van der Waals surface area contributed by atoms with Gasteiger partial charge in [-0.2, -0.15) is 0 Å². The fourth-order valence-corrected chi connectivity index (χ4v) is 1.19.